The van der Waals surface area contributed by atoms with Crippen molar-refractivity contribution < 1.29 is 24.5 Å². The second-order valence-corrected chi connectivity index (χ2v) is 3.74. The van der Waals surface area contributed by atoms with Gasteiger partial charge in [-0.1, -0.05) is 36.9 Å². The number of rotatable bonds is 7. The quantitative estimate of drug-likeness (QED) is 0.719. The molecule has 1 unspecified atom stereocenters. The number of carboxylic acids is 2. The molecule has 1 aromatic carbocycles. The summed E-state index contributed by atoms with van der Waals surface area (Å²) in [6.45, 7) is 3.40. The molecule has 0 amide bonds. The summed E-state index contributed by atoms with van der Waals surface area (Å²) < 4.78 is 5.19. The van der Waals surface area contributed by atoms with Crippen molar-refractivity contribution in [2.45, 2.75) is 19.1 Å². The lowest BCUT2D eigenvalue weighted by molar-refractivity contribution is -0.151. The maximum absolute atomic E-state index is 10.9. The number of carboxylic acid groups (broad SMARTS) is 2. The van der Waals surface area contributed by atoms with E-state index < -0.39 is 18.0 Å². The van der Waals surface area contributed by atoms with Gasteiger partial charge in [0.05, 0.1) is 6.61 Å². The first-order valence-corrected chi connectivity index (χ1v) is 5.30. The van der Waals surface area contributed by atoms with Gasteiger partial charge in [-0.05, 0) is 5.56 Å². The first kappa shape index (κ1) is 13.9. The molecule has 0 spiro atoms. The van der Waals surface area contributed by atoms with Gasteiger partial charge in [0.25, 0.3) is 0 Å². The third-order valence-corrected chi connectivity index (χ3v) is 2.30. The van der Waals surface area contributed by atoms with Gasteiger partial charge in [-0.15, -0.1) is 0 Å². The van der Waals surface area contributed by atoms with Gasteiger partial charge in [-0.25, -0.2) is 9.59 Å². The van der Waals surface area contributed by atoms with Crippen molar-refractivity contribution in [3.05, 3.63) is 48.0 Å². The number of benzene rings is 1. The Bertz CT molecular complexity index is 438. The molecule has 2 N–H and O–H groups in total. The fourth-order valence-electron chi connectivity index (χ4n) is 1.30. The van der Waals surface area contributed by atoms with E-state index in [9.17, 15) is 9.59 Å². The average molecular weight is 250 g/mol. The van der Waals surface area contributed by atoms with E-state index in [1.165, 1.54) is 0 Å². The molecule has 0 heterocycles. The van der Waals surface area contributed by atoms with Gasteiger partial charge < -0.3 is 14.9 Å². The Balaban J connectivity index is 2.56. The monoisotopic (exact) mass is 250 g/mol. The lowest BCUT2D eigenvalue weighted by Crippen LogP contribution is -2.25. The fraction of sp³-hybridized carbons (Fsp3) is 0.231. The molecule has 5 heteroatoms. The summed E-state index contributed by atoms with van der Waals surface area (Å²) in [6, 6.07) is 9.05. The Morgan fingerprint density at radius 3 is 2.33 bits per heavy atom. The topological polar surface area (TPSA) is 83.8 Å². The molecule has 0 aliphatic heterocycles. The number of hydrogen-bond donors (Lipinski definition) is 2. The summed E-state index contributed by atoms with van der Waals surface area (Å²) in [5, 5.41) is 17.6. The highest BCUT2D eigenvalue weighted by Gasteiger charge is 2.21. The smallest absolute Gasteiger partial charge is 0.333 e. The average Bonchev–Trinajstić information content (AvgIpc) is 2.34. The minimum absolute atomic E-state index is 0.116. The first-order chi connectivity index (χ1) is 8.50. The molecule has 0 saturated heterocycles. The van der Waals surface area contributed by atoms with Crippen LogP contribution in [-0.2, 0) is 20.9 Å². The van der Waals surface area contributed by atoms with Crippen LogP contribution in [0.4, 0.5) is 0 Å². The van der Waals surface area contributed by atoms with Crippen LogP contribution < -0.4 is 0 Å². The normalized spacial score (nSPS) is 11.8. The number of aliphatic carboxylic acids is 2. The Labute approximate surface area is 104 Å². The molecule has 1 rings (SSSR count). The largest absolute Gasteiger partial charge is 0.479 e. The molecule has 96 valence electrons. The summed E-state index contributed by atoms with van der Waals surface area (Å²) >= 11 is 0. The van der Waals surface area contributed by atoms with Crippen LogP contribution in [0.3, 0.4) is 0 Å². The second kappa shape index (κ2) is 6.56. The molecule has 0 aliphatic carbocycles. The van der Waals surface area contributed by atoms with E-state index in [0.717, 1.165) is 5.56 Å². The summed E-state index contributed by atoms with van der Waals surface area (Å²) in [5.41, 5.74) is 0.639. The maximum Gasteiger partial charge on any atom is 0.333 e. The van der Waals surface area contributed by atoms with E-state index >= 15 is 0 Å². The van der Waals surface area contributed by atoms with Gasteiger partial charge >= 0.3 is 11.9 Å². The standard InChI is InChI=1S/C13H14O5/c1-9(12(14)15)7-11(13(16)17)18-8-10-5-3-2-4-6-10/h2-6,11H,1,7-8H2,(H,14,15)(H,16,17). The molecule has 0 saturated carbocycles. The van der Waals surface area contributed by atoms with Gasteiger partial charge in [0.1, 0.15) is 0 Å². The third-order valence-electron chi connectivity index (χ3n) is 2.30. The van der Waals surface area contributed by atoms with Crippen LogP contribution in [0.2, 0.25) is 0 Å². The third kappa shape index (κ3) is 4.39. The molecule has 18 heavy (non-hydrogen) atoms. The second-order valence-electron chi connectivity index (χ2n) is 3.74. The Kier molecular flexibility index (Phi) is 5.07. The lowest BCUT2D eigenvalue weighted by atomic mass is 10.1. The predicted molar refractivity (Wildman–Crippen MR) is 64.0 cm³/mol. The molecule has 0 aromatic heterocycles. The number of ether oxygens (including phenoxy) is 1. The van der Waals surface area contributed by atoms with Crippen molar-refractivity contribution in [1.29, 1.82) is 0 Å². The van der Waals surface area contributed by atoms with Crippen molar-refractivity contribution in [1.82, 2.24) is 0 Å². The van der Waals surface area contributed by atoms with E-state index in [1.54, 1.807) is 12.1 Å². The van der Waals surface area contributed by atoms with Crippen molar-refractivity contribution in [3.63, 3.8) is 0 Å². The Morgan fingerprint density at radius 1 is 1.22 bits per heavy atom. The zero-order valence-electron chi connectivity index (χ0n) is 9.70. The highest BCUT2D eigenvalue weighted by atomic mass is 16.5. The van der Waals surface area contributed by atoms with Crippen LogP contribution in [0.15, 0.2) is 42.5 Å². The van der Waals surface area contributed by atoms with Gasteiger partial charge in [-0.3, -0.25) is 0 Å². The van der Waals surface area contributed by atoms with E-state index in [4.69, 9.17) is 14.9 Å². The summed E-state index contributed by atoms with van der Waals surface area (Å²) in [7, 11) is 0. The van der Waals surface area contributed by atoms with Crippen molar-refractivity contribution in [3.8, 4) is 0 Å². The molecular formula is C13H14O5. The van der Waals surface area contributed by atoms with Gasteiger partial charge in [0.2, 0.25) is 0 Å². The molecular weight excluding hydrogens is 236 g/mol. The minimum atomic E-state index is -1.22. The van der Waals surface area contributed by atoms with Crippen molar-refractivity contribution >= 4 is 11.9 Å². The molecule has 0 bridgehead atoms. The number of carbonyl (C=O) groups is 2. The minimum Gasteiger partial charge on any atom is -0.479 e. The van der Waals surface area contributed by atoms with E-state index in [1.807, 2.05) is 18.2 Å². The molecule has 0 fully saturated rings. The van der Waals surface area contributed by atoms with Gasteiger partial charge in [0, 0.05) is 12.0 Å². The van der Waals surface area contributed by atoms with Gasteiger partial charge in [-0.2, -0.15) is 0 Å². The van der Waals surface area contributed by atoms with E-state index in [-0.39, 0.29) is 18.6 Å². The molecule has 0 aliphatic rings. The van der Waals surface area contributed by atoms with E-state index in [0.29, 0.717) is 0 Å². The lowest BCUT2D eigenvalue weighted by Gasteiger charge is -2.13. The summed E-state index contributed by atoms with van der Waals surface area (Å²) in [4.78, 5) is 21.5. The SMILES string of the molecule is C=C(CC(OCc1ccccc1)C(=O)O)C(=O)O. The molecule has 0 radical (unpaired) electrons. The predicted octanol–water partition coefficient (Wildman–Crippen LogP) is 1.69. The van der Waals surface area contributed by atoms with Crippen LogP contribution in [-0.4, -0.2) is 28.3 Å². The van der Waals surface area contributed by atoms with Crippen LogP contribution in [0.1, 0.15) is 12.0 Å². The Morgan fingerprint density at radius 2 is 1.83 bits per heavy atom. The highest BCUT2D eigenvalue weighted by molar-refractivity contribution is 5.87. The van der Waals surface area contributed by atoms with Gasteiger partial charge in [0.15, 0.2) is 6.10 Å². The zero-order chi connectivity index (χ0) is 13.5. The van der Waals surface area contributed by atoms with Crippen LogP contribution in [0, 0.1) is 0 Å². The van der Waals surface area contributed by atoms with Crippen LogP contribution in [0.5, 0.6) is 0 Å². The fourth-order valence-corrected chi connectivity index (χ4v) is 1.30. The molecule has 1 aromatic rings. The van der Waals surface area contributed by atoms with Crippen molar-refractivity contribution in [2.24, 2.45) is 0 Å². The highest BCUT2D eigenvalue weighted by Crippen LogP contribution is 2.11. The Hall–Kier alpha value is -2.14. The van der Waals surface area contributed by atoms with Crippen LogP contribution in [0.25, 0.3) is 0 Å². The van der Waals surface area contributed by atoms with E-state index in [2.05, 4.69) is 6.58 Å². The zero-order valence-corrected chi connectivity index (χ0v) is 9.70. The maximum atomic E-state index is 10.9. The molecule has 5 nitrogen and oxygen atoms in total. The summed E-state index contributed by atoms with van der Waals surface area (Å²) in [6.07, 6.45) is -1.44. The number of hydrogen-bond acceptors (Lipinski definition) is 3. The first-order valence-electron chi connectivity index (χ1n) is 5.30. The molecule has 1 atom stereocenters. The van der Waals surface area contributed by atoms with Crippen LogP contribution >= 0.6 is 0 Å². The van der Waals surface area contributed by atoms with Crippen molar-refractivity contribution in [2.75, 3.05) is 0 Å². The summed E-state index contributed by atoms with van der Waals surface area (Å²) in [5.74, 6) is -2.42.